The van der Waals surface area contributed by atoms with Crippen LogP contribution in [0.5, 0.6) is 17.2 Å². The van der Waals surface area contributed by atoms with E-state index >= 15 is 0 Å². The number of carbonyl (C=O) groups is 3. The number of aliphatic hydroxyl groups excluding tert-OH is 2. The number of ether oxygens (including phenoxy) is 2. The summed E-state index contributed by atoms with van der Waals surface area (Å²) in [6, 6.07) is 8.06. The van der Waals surface area contributed by atoms with Crippen molar-refractivity contribution in [3.63, 3.8) is 0 Å². The van der Waals surface area contributed by atoms with Crippen molar-refractivity contribution in [3.05, 3.63) is 70.7 Å². The van der Waals surface area contributed by atoms with Crippen LogP contribution in [-0.4, -0.2) is 56.7 Å². The van der Waals surface area contributed by atoms with Crippen LogP contribution < -0.4 is 15.2 Å². The number of rotatable bonds is 4. The zero-order valence-corrected chi connectivity index (χ0v) is 19.6. The molecule has 1 amide bonds. The van der Waals surface area contributed by atoms with E-state index in [4.69, 9.17) is 15.2 Å². The zero-order valence-electron chi connectivity index (χ0n) is 19.6. The SMILES string of the molecule is C=Cc1cc(OC)ccc1-c1ccc(O)c2c1O[C@H]1C[C@H]3CC(O)=C(C(N)=O)C(=O)[C@@]3(O)C(O)=C1C2=O. The van der Waals surface area contributed by atoms with E-state index in [0.29, 0.717) is 22.4 Å². The van der Waals surface area contributed by atoms with Gasteiger partial charge in [-0.05, 0) is 47.9 Å². The smallest absolute Gasteiger partial charge is 0.255 e. The van der Waals surface area contributed by atoms with Gasteiger partial charge in [-0.15, -0.1) is 0 Å². The van der Waals surface area contributed by atoms with Crippen LogP contribution in [0.25, 0.3) is 17.2 Å². The van der Waals surface area contributed by atoms with Crippen molar-refractivity contribution in [3.8, 4) is 28.4 Å². The standard InChI is InChI=1S/C27H23NO9/c1-3-11-8-13(36-2)4-5-14(11)15-6-7-16(29)19-22(31)21-18(37-23(15)19)10-12-9-17(30)20(26(28)34)24(32)27(12,35)25(21)33/h3-8,12,18,29-30,33,35H,1,9-10H2,2H3,(H2,28,34)/t12-,18+,27-/m1/s1. The maximum absolute atomic E-state index is 13.7. The van der Waals surface area contributed by atoms with Crippen molar-refractivity contribution >= 4 is 23.5 Å². The van der Waals surface area contributed by atoms with Gasteiger partial charge in [-0.2, -0.15) is 0 Å². The van der Waals surface area contributed by atoms with Gasteiger partial charge in [0.15, 0.2) is 5.60 Å². The molecule has 0 saturated carbocycles. The lowest BCUT2D eigenvalue weighted by atomic mass is 9.64. The molecule has 190 valence electrons. The minimum absolute atomic E-state index is 0.0463. The monoisotopic (exact) mass is 505 g/mol. The summed E-state index contributed by atoms with van der Waals surface area (Å²) in [5.41, 5.74) is 2.76. The van der Waals surface area contributed by atoms with E-state index in [9.17, 15) is 34.8 Å². The number of carbonyl (C=O) groups excluding carboxylic acids is 3. The summed E-state index contributed by atoms with van der Waals surface area (Å²) in [6.07, 6.45) is -0.0368. The Morgan fingerprint density at radius 2 is 1.89 bits per heavy atom. The quantitative estimate of drug-likeness (QED) is 0.391. The minimum Gasteiger partial charge on any atom is -0.511 e. The molecular weight excluding hydrogens is 482 g/mol. The Morgan fingerprint density at radius 3 is 2.54 bits per heavy atom. The summed E-state index contributed by atoms with van der Waals surface area (Å²) < 4.78 is 11.4. The molecule has 2 aliphatic carbocycles. The highest BCUT2D eigenvalue weighted by Crippen LogP contribution is 2.52. The largest absolute Gasteiger partial charge is 0.511 e. The second-order valence-electron chi connectivity index (χ2n) is 9.11. The first-order valence-corrected chi connectivity index (χ1v) is 11.3. The van der Waals surface area contributed by atoms with Gasteiger partial charge in [-0.1, -0.05) is 12.7 Å². The van der Waals surface area contributed by atoms with E-state index in [1.807, 2.05) is 0 Å². The molecule has 0 bridgehead atoms. The number of nitrogens with two attached hydrogens (primary N) is 1. The lowest BCUT2D eigenvalue weighted by Gasteiger charge is -2.45. The number of methoxy groups -OCH3 is 1. The third kappa shape index (κ3) is 3.26. The van der Waals surface area contributed by atoms with Crippen molar-refractivity contribution in [1.82, 2.24) is 0 Å². The molecular formula is C27H23NO9. The maximum atomic E-state index is 13.7. The van der Waals surface area contributed by atoms with Crippen LogP contribution in [-0.2, 0) is 9.59 Å². The topological polar surface area (TPSA) is 177 Å². The van der Waals surface area contributed by atoms with E-state index in [1.54, 1.807) is 30.3 Å². The molecule has 3 atom stereocenters. The highest BCUT2D eigenvalue weighted by molar-refractivity contribution is 6.24. The van der Waals surface area contributed by atoms with Crippen molar-refractivity contribution in [2.75, 3.05) is 7.11 Å². The maximum Gasteiger partial charge on any atom is 0.255 e. The van der Waals surface area contributed by atoms with Gasteiger partial charge in [0.1, 0.15) is 46.0 Å². The molecule has 0 aromatic heterocycles. The Labute approximate surface area is 210 Å². The van der Waals surface area contributed by atoms with Crippen molar-refractivity contribution in [2.45, 2.75) is 24.5 Å². The number of allylic oxidation sites excluding steroid dienone is 1. The Kier molecular flexibility index (Phi) is 5.38. The van der Waals surface area contributed by atoms with Crippen LogP contribution in [0.4, 0.5) is 0 Å². The van der Waals surface area contributed by atoms with E-state index in [0.717, 1.165) is 0 Å². The third-order valence-electron chi connectivity index (χ3n) is 7.21. The van der Waals surface area contributed by atoms with Crippen LogP contribution >= 0.6 is 0 Å². The summed E-state index contributed by atoms with van der Waals surface area (Å²) in [5.74, 6) is -5.96. The number of ketones is 2. The van der Waals surface area contributed by atoms with Crippen LogP contribution in [0, 0.1) is 5.92 Å². The predicted octanol–water partition coefficient (Wildman–Crippen LogP) is 2.49. The van der Waals surface area contributed by atoms with Gasteiger partial charge >= 0.3 is 0 Å². The molecule has 6 N–H and O–H groups in total. The number of amides is 1. The summed E-state index contributed by atoms with van der Waals surface area (Å²) >= 11 is 0. The molecule has 0 spiro atoms. The second kappa shape index (κ2) is 8.24. The van der Waals surface area contributed by atoms with Gasteiger partial charge in [0, 0.05) is 17.9 Å². The van der Waals surface area contributed by atoms with E-state index in [1.165, 1.54) is 13.2 Å². The molecule has 1 aliphatic heterocycles. The van der Waals surface area contributed by atoms with Gasteiger partial charge in [0.2, 0.25) is 11.6 Å². The number of aromatic hydroxyl groups is 1. The first-order chi connectivity index (χ1) is 17.5. The molecule has 0 saturated heterocycles. The molecule has 3 aliphatic rings. The Hall–Kier alpha value is -4.57. The van der Waals surface area contributed by atoms with Crippen molar-refractivity contribution in [1.29, 1.82) is 0 Å². The second-order valence-corrected chi connectivity index (χ2v) is 9.11. The number of aliphatic hydroxyl groups is 3. The number of hydrogen-bond acceptors (Lipinski definition) is 9. The van der Waals surface area contributed by atoms with Crippen LogP contribution in [0.1, 0.15) is 28.8 Å². The van der Waals surface area contributed by atoms with E-state index < -0.39 is 63.5 Å². The molecule has 5 rings (SSSR count). The number of phenols is 1. The Morgan fingerprint density at radius 1 is 1.19 bits per heavy atom. The van der Waals surface area contributed by atoms with Gasteiger partial charge in [0.25, 0.3) is 5.91 Å². The molecule has 0 unspecified atom stereocenters. The first kappa shape index (κ1) is 24.1. The fraction of sp³-hybridized carbons (Fsp3) is 0.222. The fourth-order valence-electron chi connectivity index (χ4n) is 5.38. The summed E-state index contributed by atoms with van der Waals surface area (Å²) in [4.78, 5) is 38.4. The molecule has 37 heavy (non-hydrogen) atoms. The minimum atomic E-state index is -2.67. The highest BCUT2D eigenvalue weighted by atomic mass is 16.5. The van der Waals surface area contributed by atoms with Crippen LogP contribution in [0.3, 0.4) is 0 Å². The normalized spacial score (nSPS) is 24.6. The number of Topliss-reactive ketones (excluding diaryl/α,β-unsaturated/α-hetero) is 2. The molecule has 10 heteroatoms. The number of primary amides is 1. The van der Waals surface area contributed by atoms with Gasteiger partial charge in [-0.25, -0.2) is 0 Å². The average molecular weight is 505 g/mol. The lowest BCUT2D eigenvalue weighted by molar-refractivity contribution is -0.145. The summed E-state index contributed by atoms with van der Waals surface area (Å²) in [5, 5.41) is 43.2. The molecule has 0 fully saturated rings. The lowest BCUT2D eigenvalue weighted by Crippen LogP contribution is -2.58. The number of phenolic OH excluding ortho intramolecular Hbond substituents is 1. The van der Waals surface area contributed by atoms with Crippen LogP contribution in [0.2, 0.25) is 0 Å². The molecule has 1 heterocycles. The number of benzene rings is 2. The third-order valence-corrected chi connectivity index (χ3v) is 7.21. The zero-order chi connectivity index (χ0) is 26.8. The fourth-order valence-corrected chi connectivity index (χ4v) is 5.38. The van der Waals surface area contributed by atoms with Gasteiger partial charge < -0.3 is 35.6 Å². The molecule has 2 aromatic carbocycles. The van der Waals surface area contributed by atoms with E-state index in [-0.39, 0.29) is 24.2 Å². The van der Waals surface area contributed by atoms with Gasteiger partial charge in [0.05, 0.1) is 12.7 Å². The molecule has 2 aromatic rings. The highest BCUT2D eigenvalue weighted by Gasteiger charge is 2.60. The molecule has 0 radical (unpaired) electrons. The first-order valence-electron chi connectivity index (χ1n) is 11.3. The Bertz CT molecular complexity index is 1480. The predicted molar refractivity (Wildman–Crippen MR) is 130 cm³/mol. The summed E-state index contributed by atoms with van der Waals surface area (Å²) in [7, 11) is 1.52. The van der Waals surface area contributed by atoms with Crippen molar-refractivity contribution in [2.24, 2.45) is 11.7 Å². The average Bonchev–Trinajstić information content (AvgIpc) is 2.85. The van der Waals surface area contributed by atoms with Crippen LogP contribution in [0.15, 0.2) is 59.6 Å². The number of hydrogen-bond donors (Lipinski definition) is 5. The molecule has 10 nitrogen and oxygen atoms in total. The number of fused-ring (bicyclic) bond motifs is 3. The van der Waals surface area contributed by atoms with Gasteiger partial charge in [-0.3, -0.25) is 14.4 Å². The Balaban J connectivity index is 1.69. The van der Waals surface area contributed by atoms with Crippen molar-refractivity contribution < 1.29 is 44.3 Å². The summed E-state index contributed by atoms with van der Waals surface area (Å²) in [6.45, 7) is 3.82. The van der Waals surface area contributed by atoms with E-state index in [2.05, 4.69) is 6.58 Å².